The lowest BCUT2D eigenvalue weighted by Gasteiger charge is -2.27. The summed E-state index contributed by atoms with van der Waals surface area (Å²) < 4.78 is 0. The Labute approximate surface area is 97.9 Å². The number of hydrogen-bond acceptors (Lipinski definition) is 1. The van der Waals surface area contributed by atoms with E-state index in [4.69, 9.17) is 0 Å². The van der Waals surface area contributed by atoms with Gasteiger partial charge >= 0.3 is 0 Å². The standard InChI is InChI=1S/C15H20O/c1-4-14-10(2)8-13(12-6-5-7-12)9-15(14)11(3)16/h8-9,12H,4-7H2,1-3H3. The van der Waals surface area contributed by atoms with Gasteiger partial charge in [0.15, 0.2) is 5.78 Å². The van der Waals surface area contributed by atoms with Gasteiger partial charge in [-0.3, -0.25) is 4.79 Å². The minimum atomic E-state index is 0.209. The van der Waals surface area contributed by atoms with E-state index in [0.717, 1.165) is 12.0 Å². The van der Waals surface area contributed by atoms with Gasteiger partial charge in [0.25, 0.3) is 0 Å². The van der Waals surface area contributed by atoms with Crippen molar-refractivity contribution in [1.29, 1.82) is 0 Å². The summed E-state index contributed by atoms with van der Waals surface area (Å²) in [4.78, 5) is 11.7. The third-order valence-corrected chi connectivity index (χ3v) is 3.80. The largest absolute Gasteiger partial charge is 0.295 e. The van der Waals surface area contributed by atoms with Crippen molar-refractivity contribution in [2.45, 2.75) is 52.4 Å². The summed E-state index contributed by atoms with van der Waals surface area (Å²) in [6.45, 7) is 5.93. The van der Waals surface area contributed by atoms with E-state index in [1.54, 1.807) is 6.92 Å². The van der Waals surface area contributed by atoms with Gasteiger partial charge in [0.2, 0.25) is 0 Å². The van der Waals surface area contributed by atoms with Crippen molar-refractivity contribution >= 4 is 5.78 Å². The first-order valence-electron chi connectivity index (χ1n) is 6.27. The minimum Gasteiger partial charge on any atom is -0.295 e. The molecule has 1 aliphatic carbocycles. The van der Waals surface area contributed by atoms with Crippen LogP contribution in [0.15, 0.2) is 12.1 Å². The highest BCUT2D eigenvalue weighted by molar-refractivity contribution is 5.96. The van der Waals surface area contributed by atoms with Gasteiger partial charge in [-0.15, -0.1) is 0 Å². The monoisotopic (exact) mass is 216 g/mol. The van der Waals surface area contributed by atoms with Crippen LogP contribution in [0.3, 0.4) is 0 Å². The highest BCUT2D eigenvalue weighted by Gasteiger charge is 2.21. The van der Waals surface area contributed by atoms with Crippen LogP contribution in [0, 0.1) is 6.92 Å². The molecule has 86 valence electrons. The predicted octanol–water partition coefficient (Wildman–Crippen LogP) is 4.03. The number of aryl methyl sites for hydroxylation is 1. The molecule has 0 heterocycles. The Morgan fingerprint density at radius 2 is 2.06 bits per heavy atom. The molecule has 16 heavy (non-hydrogen) atoms. The van der Waals surface area contributed by atoms with Crippen LogP contribution < -0.4 is 0 Å². The van der Waals surface area contributed by atoms with E-state index in [0.29, 0.717) is 5.92 Å². The van der Waals surface area contributed by atoms with E-state index in [2.05, 4.69) is 26.0 Å². The van der Waals surface area contributed by atoms with Crippen LogP contribution in [-0.2, 0) is 6.42 Å². The molecule has 0 aromatic heterocycles. The third-order valence-electron chi connectivity index (χ3n) is 3.80. The topological polar surface area (TPSA) is 17.1 Å². The highest BCUT2D eigenvalue weighted by atomic mass is 16.1. The lowest BCUT2D eigenvalue weighted by molar-refractivity contribution is 0.101. The number of carbonyl (C=O) groups is 1. The number of ketones is 1. The van der Waals surface area contributed by atoms with E-state index in [9.17, 15) is 4.79 Å². The van der Waals surface area contributed by atoms with Gasteiger partial charge in [-0.1, -0.05) is 19.4 Å². The summed E-state index contributed by atoms with van der Waals surface area (Å²) in [5.74, 6) is 0.920. The van der Waals surface area contributed by atoms with Crippen LogP contribution >= 0.6 is 0 Å². The SMILES string of the molecule is CCc1c(C)cc(C2CCC2)cc1C(C)=O. The number of Topliss-reactive ketones (excluding diaryl/α,β-unsaturated/α-hetero) is 1. The van der Waals surface area contributed by atoms with Crippen LogP contribution in [0.5, 0.6) is 0 Å². The first-order valence-corrected chi connectivity index (χ1v) is 6.27. The van der Waals surface area contributed by atoms with Crippen molar-refractivity contribution in [3.63, 3.8) is 0 Å². The van der Waals surface area contributed by atoms with Gasteiger partial charge in [0.05, 0.1) is 0 Å². The van der Waals surface area contributed by atoms with Gasteiger partial charge in [-0.2, -0.15) is 0 Å². The predicted molar refractivity (Wildman–Crippen MR) is 67.2 cm³/mol. The number of rotatable bonds is 3. The van der Waals surface area contributed by atoms with Crippen molar-refractivity contribution in [3.8, 4) is 0 Å². The lowest BCUT2D eigenvalue weighted by Crippen LogP contribution is -2.11. The molecule has 0 saturated heterocycles. The second-order valence-corrected chi connectivity index (χ2v) is 4.90. The quantitative estimate of drug-likeness (QED) is 0.697. The molecular formula is C15H20O. The van der Waals surface area contributed by atoms with Crippen LogP contribution in [0.1, 0.15) is 66.1 Å². The molecule has 0 aliphatic heterocycles. The fourth-order valence-electron chi connectivity index (χ4n) is 2.61. The van der Waals surface area contributed by atoms with Crippen molar-refractivity contribution in [3.05, 3.63) is 34.4 Å². The molecule has 1 heteroatoms. The van der Waals surface area contributed by atoms with Gasteiger partial charge in [0, 0.05) is 5.56 Å². The summed E-state index contributed by atoms with van der Waals surface area (Å²) in [6.07, 6.45) is 4.88. The zero-order valence-corrected chi connectivity index (χ0v) is 10.5. The maximum atomic E-state index is 11.7. The zero-order valence-electron chi connectivity index (χ0n) is 10.5. The molecule has 1 aromatic rings. The molecule has 0 atom stereocenters. The molecule has 0 amide bonds. The van der Waals surface area contributed by atoms with Gasteiger partial charge < -0.3 is 0 Å². The molecule has 1 fully saturated rings. The number of hydrogen-bond donors (Lipinski definition) is 0. The molecule has 1 aliphatic rings. The Hall–Kier alpha value is -1.11. The molecule has 0 radical (unpaired) electrons. The minimum absolute atomic E-state index is 0.209. The summed E-state index contributed by atoms with van der Waals surface area (Å²) in [6, 6.07) is 4.42. The Balaban J connectivity index is 2.46. The average molecular weight is 216 g/mol. The molecule has 0 N–H and O–H groups in total. The number of benzene rings is 1. The second kappa shape index (κ2) is 4.40. The molecular weight excluding hydrogens is 196 g/mol. The molecule has 0 spiro atoms. The summed E-state index contributed by atoms with van der Waals surface area (Å²) in [7, 11) is 0. The first kappa shape index (κ1) is 11.4. The molecule has 1 saturated carbocycles. The first-order chi connectivity index (χ1) is 7.63. The van der Waals surface area contributed by atoms with Gasteiger partial charge in [0.1, 0.15) is 0 Å². The molecule has 0 bridgehead atoms. The normalized spacial score (nSPS) is 15.9. The maximum Gasteiger partial charge on any atom is 0.160 e. The fraction of sp³-hybridized carbons (Fsp3) is 0.533. The summed E-state index contributed by atoms with van der Waals surface area (Å²) in [5, 5.41) is 0. The Morgan fingerprint density at radius 1 is 1.38 bits per heavy atom. The van der Waals surface area contributed by atoms with Crippen molar-refractivity contribution in [2.75, 3.05) is 0 Å². The smallest absolute Gasteiger partial charge is 0.160 e. The zero-order chi connectivity index (χ0) is 11.7. The fourth-order valence-corrected chi connectivity index (χ4v) is 2.61. The molecule has 1 aromatic carbocycles. The van der Waals surface area contributed by atoms with E-state index < -0.39 is 0 Å². The Bertz CT molecular complexity index is 414. The van der Waals surface area contributed by atoms with Crippen LogP contribution in [0.4, 0.5) is 0 Å². The Morgan fingerprint density at radius 3 is 2.50 bits per heavy atom. The molecule has 1 nitrogen and oxygen atoms in total. The third kappa shape index (κ3) is 1.91. The lowest BCUT2D eigenvalue weighted by atomic mass is 9.78. The van der Waals surface area contributed by atoms with E-state index in [-0.39, 0.29) is 5.78 Å². The van der Waals surface area contributed by atoms with Gasteiger partial charge in [-0.25, -0.2) is 0 Å². The number of carbonyl (C=O) groups excluding carboxylic acids is 1. The van der Waals surface area contributed by atoms with Crippen LogP contribution in [0.25, 0.3) is 0 Å². The van der Waals surface area contributed by atoms with Crippen LogP contribution in [0.2, 0.25) is 0 Å². The van der Waals surface area contributed by atoms with Gasteiger partial charge in [-0.05, 0) is 61.8 Å². The summed E-state index contributed by atoms with van der Waals surface area (Å²) in [5.41, 5.74) is 4.85. The Kier molecular flexibility index (Phi) is 3.13. The van der Waals surface area contributed by atoms with Crippen LogP contribution in [-0.4, -0.2) is 5.78 Å². The average Bonchev–Trinajstić information content (AvgIpc) is 2.14. The second-order valence-electron chi connectivity index (χ2n) is 4.90. The van der Waals surface area contributed by atoms with Crippen molar-refractivity contribution in [1.82, 2.24) is 0 Å². The van der Waals surface area contributed by atoms with Crippen molar-refractivity contribution < 1.29 is 4.79 Å². The highest BCUT2D eigenvalue weighted by Crippen LogP contribution is 2.37. The maximum absolute atomic E-state index is 11.7. The van der Waals surface area contributed by atoms with Crippen molar-refractivity contribution in [2.24, 2.45) is 0 Å². The van der Waals surface area contributed by atoms with E-state index >= 15 is 0 Å². The summed E-state index contributed by atoms with van der Waals surface area (Å²) >= 11 is 0. The van der Waals surface area contributed by atoms with E-state index in [1.165, 1.54) is 36.0 Å². The molecule has 0 unspecified atom stereocenters. The molecule has 2 rings (SSSR count). The van der Waals surface area contributed by atoms with E-state index in [1.807, 2.05) is 0 Å².